The molecule has 2 aromatic rings. The number of nitrogens with one attached hydrogen (secondary N) is 1. The molecule has 0 spiro atoms. The normalized spacial score (nSPS) is 16.4. The number of aromatic nitrogens is 2. The Hall–Kier alpha value is -2.44. The molecule has 0 saturated carbocycles. The first-order valence-corrected chi connectivity index (χ1v) is 14.7. The predicted molar refractivity (Wildman–Crippen MR) is 162 cm³/mol. The number of hydrogen-bond acceptors (Lipinski definition) is 10. The highest BCUT2D eigenvalue weighted by Crippen LogP contribution is 2.22. The number of carbonyl (C=O) groups excluding carboxylic acids is 1. The largest absolute Gasteiger partial charge is 0.481 e. The third kappa shape index (κ3) is 12.1. The minimum atomic E-state index is -0.301. The van der Waals surface area contributed by atoms with Gasteiger partial charge in [-0.1, -0.05) is 26.8 Å². The summed E-state index contributed by atoms with van der Waals surface area (Å²) in [5.74, 6) is 1.92. The quantitative estimate of drug-likeness (QED) is 0.173. The van der Waals surface area contributed by atoms with Crippen LogP contribution in [0.1, 0.15) is 39.7 Å². The molecule has 9 nitrogen and oxygen atoms in total. The van der Waals surface area contributed by atoms with Crippen molar-refractivity contribution in [2.24, 2.45) is 10.7 Å². The number of rotatable bonds is 12. The molecule has 3 rings (SSSR count). The number of aldehydes is 1. The summed E-state index contributed by atoms with van der Waals surface area (Å²) < 4.78 is 19.5. The molecule has 1 atom stereocenters. The zero-order valence-electron chi connectivity index (χ0n) is 24.3. The second-order valence-corrected chi connectivity index (χ2v) is 9.59. The van der Waals surface area contributed by atoms with Crippen molar-refractivity contribution in [1.82, 2.24) is 25.3 Å². The molecule has 0 bridgehead atoms. The third-order valence-electron chi connectivity index (χ3n) is 5.91. The van der Waals surface area contributed by atoms with Crippen LogP contribution in [0.15, 0.2) is 35.1 Å². The Kier molecular flexibility index (Phi) is 18.1. The van der Waals surface area contributed by atoms with Crippen molar-refractivity contribution >= 4 is 35.3 Å². The molecule has 1 fully saturated rings. The van der Waals surface area contributed by atoms with Crippen LogP contribution in [0.25, 0.3) is 11.0 Å². The minimum absolute atomic E-state index is 0.301. The van der Waals surface area contributed by atoms with Crippen LogP contribution in [-0.2, 0) is 11.2 Å². The van der Waals surface area contributed by atoms with Gasteiger partial charge in [0.05, 0.1) is 30.0 Å². The second kappa shape index (κ2) is 20.5. The number of piperazine rings is 1. The lowest BCUT2D eigenvalue weighted by molar-refractivity contribution is -0.104. The molecule has 1 unspecified atom stereocenters. The number of hydrogen-bond donors (Lipinski definition) is 2. The van der Waals surface area contributed by atoms with Crippen molar-refractivity contribution in [2.45, 2.75) is 46.6 Å². The van der Waals surface area contributed by atoms with E-state index in [2.05, 4.69) is 37.2 Å². The average molecular weight is 564 g/mol. The molecule has 0 amide bonds. The van der Waals surface area contributed by atoms with E-state index in [1.54, 1.807) is 37.2 Å². The van der Waals surface area contributed by atoms with Gasteiger partial charge in [0.2, 0.25) is 5.88 Å². The topological polar surface area (TPSA) is 109 Å². The number of ether oxygens (including phenoxy) is 1. The molecule has 0 aromatic carbocycles. The Morgan fingerprint density at radius 1 is 1.36 bits per heavy atom. The van der Waals surface area contributed by atoms with Crippen LogP contribution in [0.2, 0.25) is 0 Å². The maximum atomic E-state index is 14.3. The number of carbonyl (C=O) groups is 1. The molecule has 0 radical (unpaired) electrons. The van der Waals surface area contributed by atoms with Crippen LogP contribution in [0.4, 0.5) is 4.39 Å². The molecule has 1 saturated heterocycles. The Morgan fingerprint density at radius 2 is 2.13 bits per heavy atom. The number of allylic oxidation sites excluding steroid dienone is 2. The van der Waals surface area contributed by atoms with Gasteiger partial charge in [-0.2, -0.15) is 11.8 Å². The third-order valence-corrected chi connectivity index (χ3v) is 6.82. The fraction of sp³-hybridized carbons (Fsp3) is 0.571. The van der Waals surface area contributed by atoms with Gasteiger partial charge in [-0.25, -0.2) is 14.4 Å². The molecule has 3 heterocycles. The van der Waals surface area contributed by atoms with Gasteiger partial charge < -0.3 is 10.5 Å². The van der Waals surface area contributed by atoms with E-state index in [0.717, 1.165) is 50.4 Å². The molecule has 0 aliphatic carbocycles. The molecule has 2 aromatic heterocycles. The van der Waals surface area contributed by atoms with E-state index >= 15 is 0 Å². The van der Waals surface area contributed by atoms with Gasteiger partial charge in [0.25, 0.3) is 0 Å². The van der Waals surface area contributed by atoms with Gasteiger partial charge in [-0.15, -0.1) is 0 Å². The summed E-state index contributed by atoms with van der Waals surface area (Å²) in [6.45, 7) is 12.5. The summed E-state index contributed by atoms with van der Waals surface area (Å²) in [5, 5.41) is 2.20. The predicted octanol–water partition coefficient (Wildman–Crippen LogP) is 3.73. The van der Waals surface area contributed by atoms with E-state index in [4.69, 9.17) is 10.5 Å². The van der Waals surface area contributed by atoms with E-state index in [-0.39, 0.29) is 5.82 Å². The van der Waals surface area contributed by atoms with Crippen molar-refractivity contribution in [3.63, 3.8) is 0 Å². The maximum Gasteiger partial charge on any atom is 0.213 e. The Morgan fingerprint density at radius 3 is 2.74 bits per heavy atom. The summed E-state index contributed by atoms with van der Waals surface area (Å²) in [4.78, 5) is 25.3. The van der Waals surface area contributed by atoms with Crippen molar-refractivity contribution < 1.29 is 13.9 Å². The molecule has 3 N–H and O–H groups in total. The summed E-state index contributed by atoms with van der Waals surface area (Å²) in [6.07, 6.45) is 7.05. The minimum Gasteiger partial charge on any atom is -0.481 e. The van der Waals surface area contributed by atoms with Crippen LogP contribution in [-0.4, -0.2) is 96.8 Å². The van der Waals surface area contributed by atoms with Gasteiger partial charge in [0.1, 0.15) is 5.82 Å². The molecule has 11 heteroatoms. The molecule has 39 heavy (non-hydrogen) atoms. The monoisotopic (exact) mass is 563 g/mol. The number of fused-ring (bicyclic) bond motifs is 1. The highest BCUT2D eigenvalue weighted by atomic mass is 32.2. The zero-order chi connectivity index (χ0) is 29.0. The van der Waals surface area contributed by atoms with Crippen LogP contribution in [0, 0.1) is 5.82 Å². The van der Waals surface area contributed by atoms with Crippen molar-refractivity contribution in [3.8, 4) is 5.88 Å². The summed E-state index contributed by atoms with van der Waals surface area (Å²) in [6, 6.07) is 3.99. The van der Waals surface area contributed by atoms with Crippen molar-refractivity contribution in [1.29, 1.82) is 0 Å². The first kappa shape index (κ1) is 34.6. The van der Waals surface area contributed by atoms with Crippen molar-refractivity contribution in [3.05, 3.63) is 41.5 Å². The fourth-order valence-electron chi connectivity index (χ4n) is 3.92. The highest BCUT2D eigenvalue weighted by molar-refractivity contribution is 7.99. The highest BCUT2D eigenvalue weighted by Gasteiger charge is 2.23. The van der Waals surface area contributed by atoms with E-state index in [0.29, 0.717) is 47.2 Å². The molecular formula is C28H46FN7O2S. The number of hydrazine groups is 1. The van der Waals surface area contributed by atoms with Crippen LogP contribution in [0.5, 0.6) is 5.88 Å². The van der Waals surface area contributed by atoms with E-state index < -0.39 is 0 Å². The van der Waals surface area contributed by atoms with E-state index in [9.17, 15) is 9.18 Å². The lowest BCUT2D eigenvalue weighted by atomic mass is 10.1. The first-order chi connectivity index (χ1) is 19.0. The molecule has 1 aliphatic rings. The molecular weight excluding hydrogens is 517 g/mol. The SMILES string of the molecule is CC.CC/C=C(/C=O)N=CCSCCN.CNN1CCN(CCc2c(F)cnc3ccc(OC)nc23)C(C)C1. The number of aliphatic imine (C=N–C) groups is 1. The second-order valence-electron chi connectivity index (χ2n) is 8.44. The zero-order valence-corrected chi connectivity index (χ0v) is 25.1. The van der Waals surface area contributed by atoms with Gasteiger partial charge in [-0.3, -0.25) is 25.1 Å². The number of methoxy groups -OCH3 is 1. The van der Waals surface area contributed by atoms with E-state index in [1.807, 2.05) is 33.9 Å². The summed E-state index contributed by atoms with van der Waals surface area (Å²) in [7, 11) is 3.50. The standard InChI is InChI=1S/C17H24FN5O.C9H16N2OS.C2H6/c1-12-11-23(19-2)9-8-22(12)7-6-13-14(18)10-20-15-4-5-16(24-3)21-17(13)15;1-2-3-9(8-12)11-5-7-13-6-4-10;1-2/h4-5,10,12,19H,6-9,11H2,1-3H3;3,5,8H,2,4,6-7,10H2,1H3;1-2H3/b;9-3-,11-5?;. The average Bonchev–Trinajstić information content (AvgIpc) is 2.97. The van der Waals surface area contributed by atoms with E-state index in [1.165, 1.54) is 6.20 Å². The number of halogens is 1. The van der Waals surface area contributed by atoms with Crippen LogP contribution >= 0.6 is 11.8 Å². The lowest BCUT2D eigenvalue weighted by Gasteiger charge is -2.39. The smallest absolute Gasteiger partial charge is 0.213 e. The molecule has 1 aliphatic heterocycles. The number of nitrogens with zero attached hydrogens (tertiary/aromatic N) is 5. The van der Waals surface area contributed by atoms with Crippen molar-refractivity contribution in [2.75, 3.05) is 58.4 Å². The van der Waals surface area contributed by atoms with Gasteiger partial charge in [0.15, 0.2) is 6.29 Å². The Bertz CT molecular complexity index is 1040. The lowest BCUT2D eigenvalue weighted by Crippen LogP contribution is -2.55. The maximum absolute atomic E-state index is 14.3. The fourth-order valence-corrected chi connectivity index (χ4v) is 4.43. The summed E-state index contributed by atoms with van der Waals surface area (Å²) in [5.41, 5.74) is 10.9. The summed E-state index contributed by atoms with van der Waals surface area (Å²) >= 11 is 1.71. The van der Waals surface area contributed by atoms with Crippen LogP contribution in [0.3, 0.4) is 0 Å². The van der Waals surface area contributed by atoms with Crippen LogP contribution < -0.4 is 15.9 Å². The number of thioether (sulfide) groups is 1. The Balaban J connectivity index is 0.000000433. The van der Waals surface area contributed by atoms with Gasteiger partial charge in [0, 0.05) is 68.1 Å². The Labute approximate surface area is 237 Å². The van der Waals surface area contributed by atoms with Gasteiger partial charge in [-0.05, 0) is 32.9 Å². The number of nitrogens with two attached hydrogens (primary N) is 1. The number of pyridine rings is 2. The molecule has 218 valence electrons. The van der Waals surface area contributed by atoms with Gasteiger partial charge >= 0.3 is 0 Å². The first-order valence-electron chi connectivity index (χ1n) is 13.6.